The molecule has 15 heavy (non-hydrogen) atoms. The van der Waals surface area contributed by atoms with Gasteiger partial charge in [0, 0.05) is 64.9 Å². The van der Waals surface area contributed by atoms with Crippen molar-refractivity contribution in [3.8, 4) is 0 Å². The summed E-state index contributed by atoms with van der Waals surface area (Å²) in [6, 6.07) is 0.713. The van der Waals surface area contributed by atoms with Crippen molar-refractivity contribution in [2.75, 3.05) is 58.9 Å². The summed E-state index contributed by atoms with van der Waals surface area (Å²) in [6.45, 7) is 13.1. The SMILES string of the molecule is CC(CN1CCNCC1)N1CCNCC1. The molecule has 0 spiro atoms. The minimum atomic E-state index is 0.713. The topological polar surface area (TPSA) is 30.5 Å². The summed E-state index contributed by atoms with van der Waals surface area (Å²) in [5.74, 6) is 0. The quantitative estimate of drug-likeness (QED) is 0.640. The van der Waals surface area contributed by atoms with Gasteiger partial charge in [0.25, 0.3) is 0 Å². The van der Waals surface area contributed by atoms with E-state index in [1.54, 1.807) is 0 Å². The standard InChI is InChI=1S/C11H24N4/c1-11(15-8-4-13-5-9-15)10-14-6-2-12-3-7-14/h11-13H,2-10H2,1H3. The molecule has 2 N–H and O–H groups in total. The molecule has 2 heterocycles. The van der Waals surface area contributed by atoms with Gasteiger partial charge in [-0.3, -0.25) is 9.80 Å². The molecule has 88 valence electrons. The zero-order valence-electron chi connectivity index (χ0n) is 9.84. The first-order valence-electron chi connectivity index (χ1n) is 6.24. The first-order chi connectivity index (χ1) is 7.36. The fourth-order valence-corrected chi connectivity index (χ4v) is 2.51. The Morgan fingerprint density at radius 1 is 0.933 bits per heavy atom. The van der Waals surface area contributed by atoms with Crippen LogP contribution in [0.4, 0.5) is 0 Å². The van der Waals surface area contributed by atoms with Gasteiger partial charge in [-0.25, -0.2) is 0 Å². The molecule has 1 unspecified atom stereocenters. The minimum absolute atomic E-state index is 0.713. The highest BCUT2D eigenvalue weighted by Gasteiger charge is 2.19. The highest BCUT2D eigenvalue weighted by Crippen LogP contribution is 2.04. The lowest BCUT2D eigenvalue weighted by Gasteiger charge is -2.37. The Hall–Kier alpha value is -0.160. The Balaban J connectivity index is 1.72. The highest BCUT2D eigenvalue weighted by atomic mass is 15.3. The van der Waals surface area contributed by atoms with Gasteiger partial charge in [0.05, 0.1) is 0 Å². The van der Waals surface area contributed by atoms with E-state index in [0.29, 0.717) is 6.04 Å². The molecule has 0 amide bonds. The van der Waals surface area contributed by atoms with Gasteiger partial charge in [-0.1, -0.05) is 0 Å². The van der Waals surface area contributed by atoms with E-state index < -0.39 is 0 Å². The van der Waals surface area contributed by atoms with Gasteiger partial charge >= 0.3 is 0 Å². The van der Waals surface area contributed by atoms with E-state index in [-0.39, 0.29) is 0 Å². The van der Waals surface area contributed by atoms with E-state index in [4.69, 9.17) is 0 Å². The van der Waals surface area contributed by atoms with E-state index in [9.17, 15) is 0 Å². The van der Waals surface area contributed by atoms with Gasteiger partial charge in [0.1, 0.15) is 0 Å². The molecule has 2 aliphatic heterocycles. The first-order valence-corrected chi connectivity index (χ1v) is 6.24. The number of hydrogen-bond acceptors (Lipinski definition) is 4. The molecular weight excluding hydrogens is 188 g/mol. The van der Waals surface area contributed by atoms with Crippen LogP contribution >= 0.6 is 0 Å². The van der Waals surface area contributed by atoms with Crippen LogP contribution in [-0.4, -0.2) is 74.7 Å². The van der Waals surface area contributed by atoms with Gasteiger partial charge in [-0.2, -0.15) is 0 Å². The molecule has 4 heteroatoms. The minimum Gasteiger partial charge on any atom is -0.314 e. The van der Waals surface area contributed by atoms with Crippen molar-refractivity contribution in [2.45, 2.75) is 13.0 Å². The number of nitrogens with one attached hydrogen (secondary N) is 2. The Labute approximate surface area is 93.0 Å². The summed E-state index contributed by atoms with van der Waals surface area (Å²) in [5.41, 5.74) is 0. The van der Waals surface area contributed by atoms with Crippen LogP contribution < -0.4 is 10.6 Å². The van der Waals surface area contributed by atoms with Gasteiger partial charge in [0.2, 0.25) is 0 Å². The molecule has 0 radical (unpaired) electrons. The average molecular weight is 212 g/mol. The van der Waals surface area contributed by atoms with Crippen molar-refractivity contribution in [3.05, 3.63) is 0 Å². The first kappa shape index (κ1) is 11.3. The van der Waals surface area contributed by atoms with Crippen molar-refractivity contribution in [2.24, 2.45) is 0 Å². The summed E-state index contributed by atoms with van der Waals surface area (Å²) in [6.07, 6.45) is 0. The number of nitrogens with zero attached hydrogens (tertiary/aromatic N) is 2. The van der Waals surface area contributed by atoms with Crippen LogP contribution in [0.1, 0.15) is 6.92 Å². The summed E-state index contributed by atoms with van der Waals surface area (Å²) in [4.78, 5) is 5.20. The Bertz CT molecular complexity index is 173. The Morgan fingerprint density at radius 3 is 2.07 bits per heavy atom. The smallest absolute Gasteiger partial charge is 0.0195 e. The van der Waals surface area contributed by atoms with Crippen LogP contribution in [0.2, 0.25) is 0 Å². The van der Waals surface area contributed by atoms with Crippen LogP contribution in [0, 0.1) is 0 Å². The van der Waals surface area contributed by atoms with E-state index in [0.717, 1.165) is 26.2 Å². The number of rotatable bonds is 3. The maximum Gasteiger partial charge on any atom is 0.0195 e. The van der Waals surface area contributed by atoms with Gasteiger partial charge in [0.15, 0.2) is 0 Å². The largest absolute Gasteiger partial charge is 0.314 e. The van der Waals surface area contributed by atoms with Crippen molar-refractivity contribution in [3.63, 3.8) is 0 Å². The Kier molecular flexibility index (Phi) is 4.38. The maximum absolute atomic E-state index is 3.41. The third-order valence-electron chi connectivity index (χ3n) is 3.51. The lowest BCUT2D eigenvalue weighted by atomic mass is 10.2. The van der Waals surface area contributed by atoms with E-state index >= 15 is 0 Å². The second kappa shape index (κ2) is 5.80. The van der Waals surface area contributed by atoms with E-state index in [1.807, 2.05) is 0 Å². The fourth-order valence-electron chi connectivity index (χ4n) is 2.51. The van der Waals surface area contributed by atoms with Gasteiger partial charge in [-0.05, 0) is 6.92 Å². The highest BCUT2D eigenvalue weighted by molar-refractivity contribution is 4.78. The Morgan fingerprint density at radius 2 is 1.47 bits per heavy atom. The molecule has 0 bridgehead atoms. The predicted octanol–water partition coefficient (Wildman–Crippen LogP) is -0.815. The molecule has 4 nitrogen and oxygen atoms in total. The summed E-state index contributed by atoms with van der Waals surface area (Å²) < 4.78 is 0. The van der Waals surface area contributed by atoms with Crippen LogP contribution in [0.3, 0.4) is 0 Å². The molecular formula is C11H24N4. The maximum atomic E-state index is 3.41. The molecule has 0 aromatic carbocycles. The second-order valence-corrected chi connectivity index (χ2v) is 4.69. The lowest BCUT2D eigenvalue weighted by Crippen LogP contribution is -2.53. The summed E-state index contributed by atoms with van der Waals surface area (Å²) in [5, 5.41) is 6.81. The molecule has 2 aliphatic rings. The fraction of sp³-hybridized carbons (Fsp3) is 1.00. The molecule has 0 aromatic heterocycles. The van der Waals surface area contributed by atoms with E-state index in [2.05, 4.69) is 27.4 Å². The molecule has 2 saturated heterocycles. The number of hydrogen-bond donors (Lipinski definition) is 2. The van der Waals surface area contributed by atoms with Crippen molar-refractivity contribution in [1.82, 2.24) is 20.4 Å². The molecule has 0 saturated carbocycles. The predicted molar refractivity (Wildman–Crippen MR) is 63.2 cm³/mol. The summed E-state index contributed by atoms with van der Waals surface area (Å²) in [7, 11) is 0. The lowest BCUT2D eigenvalue weighted by molar-refractivity contribution is 0.127. The third-order valence-corrected chi connectivity index (χ3v) is 3.51. The zero-order valence-corrected chi connectivity index (χ0v) is 9.84. The molecule has 2 fully saturated rings. The zero-order chi connectivity index (χ0) is 10.5. The van der Waals surface area contributed by atoms with Crippen LogP contribution in [0.5, 0.6) is 0 Å². The molecule has 1 atom stereocenters. The van der Waals surface area contributed by atoms with E-state index in [1.165, 1.54) is 32.7 Å². The van der Waals surface area contributed by atoms with Gasteiger partial charge < -0.3 is 10.6 Å². The van der Waals surface area contributed by atoms with Crippen molar-refractivity contribution in [1.29, 1.82) is 0 Å². The van der Waals surface area contributed by atoms with Crippen LogP contribution in [0.15, 0.2) is 0 Å². The third kappa shape index (κ3) is 3.41. The van der Waals surface area contributed by atoms with Crippen molar-refractivity contribution < 1.29 is 0 Å². The van der Waals surface area contributed by atoms with Crippen LogP contribution in [-0.2, 0) is 0 Å². The normalized spacial score (nSPS) is 27.8. The monoisotopic (exact) mass is 212 g/mol. The average Bonchev–Trinajstić information content (AvgIpc) is 2.31. The second-order valence-electron chi connectivity index (χ2n) is 4.69. The number of piperazine rings is 2. The van der Waals surface area contributed by atoms with Crippen LogP contribution in [0.25, 0.3) is 0 Å². The summed E-state index contributed by atoms with van der Waals surface area (Å²) >= 11 is 0. The molecule has 0 aromatic rings. The molecule has 2 rings (SSSR count). The van der Waals surface area contributed by atoms with Crippen molar-refractivity contribution >= 4 is 0 Å². The van der Waals surface area contributed by atoms with Gasteiger partial charge in [-0.15, -0.1) is 0 Å². The molecule has 0 aliphatic carbocycles.